The number of hydrogen-bond donors (Lipinski definition) is 3. The summed E-state index contributed by atoms with van der Waals surface area (Å²) < 4.78 is 44.5. The molecule has 12 heteroatoms. The largest absolute Gasteiger partial charge is 0.418 e. The number of thiocarbonyl (C=S) groups is 1. The molecule has 34 heavy (non-hydrogen) atoms. The van der Waals surface area contributed by atoms with E-state index in [-0.39, 0.29) is 28.9 Å². The van der Waals surface area contributed by atoms with Crippen LogP contribution in [0.5, 0.6) is 0 Å². The van der Waals surface area contributed by atoms with Gasteiger partial charge in [-0.2, -0.15) is 13.2 Å². The van der Waals surface area contributed by atoms with E-state index in [2.05, 4.69) is 25.5 Å². The highest BCUT2D eigenvalue weighted by molar-refractivity contribution is 7.80. The quantitative estimate of drug-likeness (QED) is 0.364. The van der Waals surface area contributed by atoms with Crippen molar-refractivity contribution in [3.05, 3.63) is 64.7 Å². The van der Waals surface area contributed by atoms with E-state index >= 15 is 0 Å². The van der Waals surface area contributed by atoms with E-state index in [0.717, 1.165) is 17.6 Å². The molecule has 1 amide bonds. The van der Waals surface area contributed by atoms with Crippen molar-refractivity contribution in [1.29, 1.82) is 0 Å². The van der Waals surface area contributed by atoms with Crippen LogP contribution in [0.15, 0.2) is 47.8 Å². The van der Waals surface area contributed by atoms with Gasteiger partial charge in [0.25, 0.3) is 5.91 Å². The van der Waals surface area contributed by atoms with Crippen molar-refractivity contribution in [2.24, 2.45) is 0 Å². The first-order valence-electron chi connectivity index (χ1n) is 10.4. The zero-order valence-corrected chi connectivity index (χ0v) is 20.1. The summed E-state index contributed by atoms with van der Waals surface area (Å²) in [4.78, 5) is 13.7. The highest BCUT2D eigenvalue weighted by Gasteiger charge is 2.34. The van der Waals surface area contributed by atoms with Gasteiger partial charge in [-0.1, -0.05) is 10.6 Å². The molecule has 0 fully saturated rings. The smallest absolute Gasteiger partial charge is 0.372 e. The van der Waals surface area contributed by atoms with Crippen molar-refractivity contribution < 1.29 is 18.0 Å². The number of hydrogen-bond acceptors (Lipinski definition) is 6. The zero-order valence-electron chi connectivity index (χ0n) is 18.4. The van der Waals surface area contributed by atoms with Crippen LogP contribution < -0.4 is 20.9 Å². The minimum atomic E-state index is -4.46. The number of nitrogens with one attached hydrogen (secondary N) is 3. The molecule has 0 saturated heterocycles. The number of amides is 1. The molecule has 0 saturated carbocycles. The average molecular weight is 509 g/mol. The summed E-state index contributed by atoms with van der Waals surface area (Å²) in [6, 6.07) is 11.1. The van der Waals surface area contributed by atoms with Gasteiger partial charge in [-0.25, -0.2) is 0 Å². The Bertz CT molecular complexity index is 1120. The molecule has 0 aliphatic rings. The van der Waals surface area contributed by atoms with Crippen LogP contribution in [0.2, 0.25) is 0 Å². The minimum Gasteiger partial charge on any atom is -0.372 e. The molecule has 2 aromatic carbocycles. The number of carbonyl (C=O) groups is 1. The fraction of sp³-hybridized carbons (Fsp3) is 0.273. The van der Waals surface area contributed by atoms with Crippen LogP contribution in [0.3, 0.4) is 0 Å². The van der Waals surface area contributed by atoms with E-state index in [1.54, 1.807) is 40.6 Å². The molecule has 180 valence electrons. The van der Waals surface area contributed by atoms with Gasteiger partial charge in [-0.05, 0) is 79.6 Å². The fourth-order valence-corrected chi connectivity index (χ4v) is 3.84. The molecule has 7 nitrogen and oxygen atoms in total. The van der Waals surface area contributed by atoms with Crippen LogP contribution in [-0.4, -0.2) is 33.7 Å². The monoisotopic (exact) mass is 508 g/mol. The second-order valence-electron chi connectivity index (χ2n) is 7.15. The maximum absolute atomic E-state index is 13.6. The van der Waals surface area contributed by atoms with Crippen molar-refractivity contribution in [2.75, 3.05) is 28.6 Å². The molecule has 0 spiro atoms. The van der Waals surface area contributed by atoms with Crippen molar-refractivity contribution in [2.45, 2.75) is 26.6 Å². The van der Waals surface area contributed by atoms with E-state index < -0.39 is 11.7 Å². The molecule has 1 aromatic heterocycles. The maximum Gasteiger partial charge on any atom is 0.418 e. The molecule has 3 rings (SSSR count). The number of aromatic nitrogens is 2. The lowest BCUT2D eigenvalue weighted by Gasteiger charge is -2.25. The lowest BCUT2D eigenvalue weighted by atomic mass is 10.1. The highest BCUT2D eigenvalue weighted by atomic mass is 32.1. The van der Waals surface area contributed by atoms with Crippen molar-refractivity contribution in [3.8, 4) is 0 Å². The molecular weight excluding hydrogens is 485 g/mol. The molecule has 0 unspecified atom stereocenters. The van der Waals surface area contributed by atoms with Gasteiger partial charge in [0.1, 0.15) is 0 Å². The summed E-state index contributed by atoms with van der Waals surface area (Å²) in [6.45, 7) is 4.74. The molecule has 0 aliphatic heterocycles. The first kappa shape index (κ1) is 25.4. The Kier molecular flexibility index (Phi) is 8.40. The van der Waals surface area contributed by atoms with E-state index in [1.165, 1.54) is 6.07 Å². The zero-order chi connectivity index (χ0) is 24.7. The Morgan fingerprint density at radius 1 is 1.06 bits per heavy atom. The van der Waals surface area contributed by atoms with Crippen molar-refractivity contribution in [1.82, 2.24) is 14.9 Å². The summed E-state index contributed by atoms with van der Waals surface area (Å²) in [6.07, 6.45) is -4.46. The average Bonchev–Trinajstić information content (AvgIpc) is 3.35. The van der Waals surface area contributed by atoms with Crippen LogP contribution in [-0.2, 0) is 12.7 Å². The van der Waals surface area contributed by atoms with Gasteiger partial charge >= 0.3 is 6.18 Å². The third-order valence-corrected chi connectivity index (χ3v) is 5.67. The first-order chi connectivity index (χ1) is 16.2. The molecule has 1 heterocycles. The van der Waals surface area contributed by atoms with E-state index in [4.69, 9.17) is 12.2 Å². The number of carbonyl (C=O) groups excluding carboxylic acids is 1. The number of rotatable bonds is 8. The summed E-state index contributed by atoms with van der Waals surface area (Å²) in [5.41, 5.74) is 1.41. The van der Waals surface area contributed by atoms with Crippen molar-refractivity contribution >= 4 is 51.8 Å². The molecular formula is C22H23F3N6OS2. The Morgan fingerprint density at radius 2 is 1.71 bits per heavy atom. The predicted octanol–water partition coefficient (Wildman–Crippen LogP) is 5.14. The lowest BCUT2D eigenvalue weighted by Crippen LogP contribution is -2.28. The van der Waals surface area contributed by atoms with Crippen LogP contribution in [0.4, 0.5) is 30.2 Å². The molecule has 0 aliphatic carbocycles. The van der Waals surface area contributed by atoms with Gasteiger partial charge in [0.15, 0.2) is 10.8 Å². The summed E-state index contributed by atoms with van der Waals surface area (Å²) >= 11 is 6.35. The summed E-state index contributed by atoms with van der Waals surface area (Å²) in [5.74, 6) is -0.364. The Balaban J connectivity index is 1.58. The molecule has 3 N–H and O–H groups in total. The highest BCUT2D eigenvalue weighted by Crippen LogP contribution is 2.37. The number of benzene rings is 2. The Labute approximate surface area is 204 Å². The van der Waals surface area contributed by atoms with Gasteiger partial charge in [0, 0.05) is 42.1 Å². The molecule has 3 aromatic rings. The normalized spacial score (nSPS) is 11.1. The van der Waals surface area contributed by atoms with Crippen LogP contribution in [0.25, 0.3) is 0 Å². The Hall–Kier alpha value is -3.25. The second kappa shape index (κ2) is 11.3. The second-order valence-corrected chi connectivity index (χ2v) is 8.17. The van der Waals surface area contributed by atoms with E-state index in [9.17, 15) is 18.0 Å². The van der Waals surface area contributed by atoms with Crippen LogP contribution in [0, 0.1) is 0 Å². The van der Waals surface area contributed by atoms with Gasteiger partial charge in [-0.3, -0.25) is 4.79 Å². The number of alkyl halides is 3. The van der Waals surface area contributed by atoms with Gasteiger partial charge in [-0.15, -0.1) is 5.10 Å². The molecule has 0 atom stereocenters. The van der Waals surface area contributed by atoms with E-state index in [0.29, 0.717) is 30.0 Å². The predicted molar refractivity (Wildman–Crippen MR) is 132 cm³/mol. The Morgan fingerprint density at radius 3 is 2.26 bits per heavy atom. The lowest BCUT2D eigenvalue weighted by molar-refractivity contribution is -0.137. The summed E-state index contributed by atoms with van der Waals surface area (Å²) in [5, 5.41) is 14.1. The number of nitrogens with zero attached hydrogens (tertiary/aromatic N) is 3. The SMILES string of the molecule is CCN(CC)c1ccc(CNC(=S)Nc2ccc(NC(=O)c3csnn3)cc2)cc1C(F)(F)F. The molecule has 0 radical (unpaired) electrons. The van der Waals surface area contributed by atoms with Gasteiger partial charge in [0.2, 0.25) is 0 Å². The van der Waals surface area contributed by atoms with E-state index in [1.807, 2.05) is 13.8 Å². The summed E-state index contributed by atoms with van der Waals surface area (Å²) in [7, 11) is 0. The van der Waals surface area contributed by atoms with Gasteiger partial charge in [0.05, 0.1) is 5.56 Å². The topological polar surface area (TPSA) is 82.2 Å². The van der Waals surface area contributed by atoms with Crippen LogP contribution in [0.1, 0.15) is 35.5 Å². The fourth-order valence-electron chi connectivity index (χ4n) is 3.21. The molecule has 0 bridgehead atoms. The third kappa shape index (κ3) is 6.64. The van der Waals surface area contributed by atoms with Crippen molar-refractivity contribution in [3.63, 3.8) is 0 Å². The number of halogens is 3. The minimum absolute atomic E-state index is 0.128. The standard InChI is InChI=1S/C22H23F3N6OS2/c1-3-31(4-2)19-10-5-14(11-17(19)22(23,24)25)12-26-21(33)28-16-8-6-15(7-9-16)27-20(32)18-13-34-30-29-18/h5-11,13H,3-4,12H2,1-2H3,(H,27,32)(H2,26,28,33). The third-order valence-electron chi connectivity index (χ3n) is 4.92. The van der Waals surface area contributed by atoms with Crippen LogP contribution >= 0.6 is 23.8 Å². The first-order valence-corrected chi connectivity index (χ1v) is 11.6. The van der Waals surface area contributed by atoms with Gasteiger partial charge < -0.3 is 20.9 Å². The number of anilines is 3. The maximum atomic E-state index is 13.6.